The summed E-state index contributed by atoms with van der Waals surface area (Å²) in [6, 6.07) is 8.78. The number of anilines is 1. The lowest BCUT2D eigenvalue weighted by atomic mass is 10.1. The molecule has 0 saturated carbocycles. The molecule has 0 atom stereocenters. The molecule has 0 aromatic heterocycles. The number of amides is 2. The number of aliphatic carboxylic acids is 1. The smallest absolute Gasteiger partial charge is 0.323 e. The SMILES string of the molecule is COc1cc(C=C2SC(=S)N(CC(=O)O)C2=O)ccc1OCC(=O)Nc1cc(C)c(C)cc1Br. The van der Waals surface area contributed by atoms with Crippen molar-refractivity contribution in [1.82, 2.24) is 4.90 Å². The van der Waals surface area contributed by atoms with Crippen LogP contribution in [0.3, 0.4) is 0 Å². The van der Waals surface area contributed by atoms with Crippen molar-refractivity contribution < 1.29 is 29.0 Å². The second kappa shape index (κ2) is 11.0. The van der Waals surface area contributed by atoms with Crippen molar-refractivity contribution in [3.63, 3.8) is 0 Å². The highest BCUT2D eigenvalue weighted by Crippen LogP contribution is 2.34. The van der Waals surface area contributed by atoms with Crippen molar-refractivity contribution in [3.05, 3.63) is 56.4 Å². The van der Waals surface area contributed by atoms with Gasteiger partial charge in [0.1, 0.15) is 10.9 Å². The number of rotatable bonds is 8. The predicted molar refractivity (Wildman–Crippen MR) is 138 cm³/mol. The lowest BCUT2D eigenvalue weighted by Crippen LogP contribution is -2.33. The fourth-order valence-corrected chi connectivity index (χ4v) is 4.83. The topological polar surface area (TPSA) is 105 Å². The van der Waals surface area contributed by atoms with E-state index in [1.54, 1.807) is 24.3 Å². The lowest BCUT2D eigenvalue weighted by molar-refractivity contribution is -0.140. The third-order valence-electron chi connectivity index (χ3n) is 4.87. The number of carbonyl (C=O) groups excluding carboxylic acids is 2. The number of hydrogen-bond acceptors (Lipinski definition) is 7. The number of aryl methyl sites for hydroxylation is 2. The van der Waals surface area contributed by atoms with E-state index >= 15 is 0 Å². The molecular formula is C23H21BrN2O6S2. The van der Waals surface area contributed by atoms with Gasteiger partial charge in [-0.3, -0.25) is 19.3 Å². The van der Waals surface area contributed by atoms with Gasteiger partial charge in [0.2, 0.25) is 0 Å². The summed E-state index contributed by atoms with van der Waals surface area (Å²) in [4.78, 5) is 37.1. The van der Waals surface area contributed by atoms with Gasteiger partial charge in [-0.1, -0.05) is 30.0 Å². The van der Waals surface area contributed by atoms with E-state index in [0.29, 0.717) is 27.7 Å². The van der Waals surface area contributed by atoms with E-state index in [1.807, 2.05) is 26.0 Å². The summed E-state index contributed by atoms with van der Waals surface area (Å²) in [6.45, 7) is 3.23. The van der Waals surface area contributed by atoms with E-state index in [0.717, 1.165) is 32.3 Å². The van der Waals surface area contributed by atoms with Gasteiger partial charge in [-0.15, -0.1) is 0 Å². The quantitative estimate of drug-likeness (QED) is 0.359. The molecule has 1 heterocycles. The number of thiocarbonyl (C=S) groups is 1. The zero-order valence-electron chi connectivity index (χ0n) is 18.5. The van der Waals surface area contributed by atoms with Gasteiger partial charge < -0.3 is 19.9 Å². The van der Waals surface area contributed by atoms with Crippen LogP contribution in [0.1, 0.15) is 16.7 Å². The van der Waals surface area contributed by atoms with Crippen LogP contribution >= 0.6 is 39.9 Å². The zero-order valence-corrected chi connectivity index (χ0v) is 21.7. The maximum absolute atomic E-state index is 12.5. The van der Waals surface area contributed by atoms with Gasteiger partial charge >= 0.3 is 5.97 Å². The average Bonchev–Trinajstić information content (AvgIpc) is 3.03. The maximum atomic E-state index is 12.5. The summed E-state index contributed by atoms with van der Waals surface area (Å²) in [7, 11) is 1.46. The Labute approximate surface area is 214 Å². The minimum atomic E-state index is -1.14. The molecule has 0 bridgehead atoms. The first-order valence-electron chi connectivity index (χ1n) is 9.93. The number of carboxylic acid groups (broad SMARTS) is 1. The molecule has 0 unspecified atom stereocenters. The highest BCUT2D eigenvalue weighted by molar-refractivity contribution is 9.10. The van der Waals surface area contributed by atoms with Crippen molar-refractivity contribution in [2.24, 2.45) is 0 Å². The van der Waals surface area contributed by atoms with Crippen LogP contribution in [-0.2, 0) is 14.4 Å². The lowest BCUT2D eigenvalue weighted by Gasteiger charge is -2.13. The molecule has 2 N–H and O–H groups in total. The fraction of sp³-hybridized carbons (Fsp3) is 0.217. The summed E-state index contributed by atoms with van der Waals surface area (Å²) < 4.78 is 12.0. The molecular weight excluding hydrogens is 544 g/mol. The largest absolute Gasteiger partial charge is 0.493 e. The standard InChI is InChI=1S/C23H21BrN2O6S2/c1-12-6-15(24)16(7-13(12)2)25-20(27)11-32-17-5-4-14(8-18(17)31-3)9-19-22(30)26(10-21(28)29)23(33)34-19/h4-9H,10-11H2,1-3H3,(H,25,27)(H,28,29). The van der Waals surface area contributed by atoms with Crippen molar-refractivity contribution >= 4 is 73.8 Å². The van der Waals surface area contributed by atoms with E-state index < -0.39 is 18.4 Å². The molecule has 178 valence electrons. The monoisotopic (exact) mass is 564 g/mol. The number of carboxylic acids is 1. The van der Waals surface area contributed by atoms with Crippen molar-refractivity contribution in [3.8, 4) is 11.5 Å². The second-order valence-corrected chi connectivity index (χ2v) is 9.86. The highest BCUT2D eigenvalue weighted by Gasteiger charge is 2.33. The number of nitrogens with one attached hydrogen (secondary N) is 1. The van der Waals surface area contributed by atoms with Crippen LogP contribution in [0, 0.1) is 13.8 Å². The second-order valence-electron chi connectivity index (χ2n) is 7.33. The van der Waals surface area contributed by atoms with Gasteiger partial charge in [0.05, 0.1) is 17.7 Å². The fourth-order valence-electron chi connectivity index (χ4n) is 3.02. The van der Waals surface area contributed by atoms with Gasteiger partial charge in [-0.2, -0.15) is 0 Å². The van der Waals surface area contributed by atoms with E-state index in [1.165, 1.54) is 7.11 Å². The first kappa shape index (κ1) is 25.7. The molecule has 11 heteroatoms. The Morgan fingerprint density at radius 1 is 1.21 bits per heavy atom. The molecule has 34 heavy (non-hydrogen) atoms. The molecule has 0 radical (unpaired) electrons. The molecule has 0 spiro atoms. The predicted octanol–water partition coefficient (Wildman–Crippen LogP) is 4.38. The Morgan fingerprint density at radius 2 is 1.91 bits per heavy atom. The van der Waals surface area contributed by atoms with Crippen molar-refractivity contribution in [2.75, 3.05) is 25.6 Å². The summed E-state index contributed by atoms with van der Waals surface area (Å²) in [5, 5.41) is 11.8. The zero-order chi connectivity index (χ0) is 25.0. The molecule has 2 aromatic carbocycles. The molecule has 0 aliphatic carbocycles. The maximum Gasteiger partial charge on any atom is 0.323 e. The average molecular weight is 565 g/mol. The van der Waals surface area contributed by atoms with Crippen LogP contribution in [0.4, 0.5) is 5.69 Å². The number of benzene rings is 2. The Hall–Kier alpha value is -2.89. The Morgan fingerprint density at radius 3 is 2.59 bits per heavy atom. The van der Waals surface area contributed by atoms with Crippen molar-refractivity contribution in [2.45, 2.75) is 13.8 Å². The number of thioether (sulfide) groups is 1. The van der Waals surface area contributed by atoms with Crippen LogP contribution in [-0.4, -0.2) is 52.4 Å². The van der Waals surface area contributed by atoms with Gasteiger partial charge in [0, 0.05) is 4.47 Å². The third-order valence-corrected chi connectivity index (χ3v) is 6.90. The number of ether oxygens (including phenoxy) is 2. The van der Waals surface area contributed by atoms with Gasteiger partial charge in [-0.05, 0) is 76.8 Å². The Bertz CT molecular complexity index is 1210. The van der Waals surface area contributed by atoms with Gasteiger partial charge in [-0.25, -0.2) is 0 Å². The van der Waals surface area contributed by atoms with E-state index in [2.05, 4.69) is 21.2 Å². The molecule has 2 aromatic rings. The van der Waals surface area contributed by atoms with Crippen LogP contribution in [0.15, 0.2) is 39.7 Å². The first-order valence-corrected chi connectivity index (χ1v) is 12.0. The number of hydrogen-bond donors (Lipinski definition) is 2. The summed E-state index contributed by atoms with van der Waals surface area (Å²) in [5.41, 5.74) is 3.44. The number of halogens is 1. The van der Waals surface area contributed by atoms with Crippen molar-refractivity contribution in [1.29, 1.82) is 0 Å². The number of carbonyl (C=O) groups is 3. The minimum absolute atomic E-state index is 0.187. The van der Waals surface area contributed by atoms with Gasteiger partial charge in [0.25, 0.3) is 11.8 Å². The molecule has 2 amide bonds. The summed E-state index contributed by atoms with van der Waals surface area (Å²) in [6.07, 6.45) is 1.59. The Kier molecular flexibility index (Phi) is 8.34. The van der Waals surface area contributed by atoms with E-state index in [-0.39, 0.29) is 16.8 Å². The molecule has 1 saturated heterocycles. The van der Waals surface area contributed by atoms with Crippen LogP contribution in [0.5, 0.6) is 11.5 Å². The van der Waals surface area contributed by atoms with E-state index in [9.17, 15) is 14.4 Å². The molecule has 8 nitrogen and oxygen atoms in total. The highest BCUT2D eigenvalue weighted by atomic mass is 79.9. The minimum Gasteiger partial charge on any atom is -0.493 e. The van der Waals surface area contributed by atoms with E-state index in [4.69, 9.17) is 26.8 Å². The number of methoxy groups -OCH3 is 1. The first-order chi connectivity index (χ1) is 16.1. The summed E-state index contributed by atoms with van der Waals surface area (Å²) in [5.74, 6) is -1.22. The van der Waals surface area contributed by atoms with Crippen LogP contribution in [0.25, 0.3) is 6.08 Å². The normalized spacial score (nSPS) is 14.5. The van der Waals surface area contributed by atoms with Crippen LogP contribution in [0.2, 0.25) is 0 Å². The Balaban J connectivity index is 1.69. The number of nitrogens with zero attached hydrogens (tertiary/aromatic N) is 1. The molecule has 1 aliphatic rings. The van der Waals surface area contributed by atoms with Crippen LogP contribution < -0.4 is 14.8 Å². The summed E-state index contributed by atoms with van der Waals surface area (Å²) >= 11 is 9.58. The third kappa shape index (κ3) is 6.16. The molecule has 3 rings (SSSR count). The van der Waals surface area contributed by atoms with Gasteiger partial charge in [0.15, 0.2) is 18.1 Å². The molecule has 1 fully saturated rings. The molecule has 1 aliphatic heterocycles.